The van der Waals surface area contributed by atoms with Gasteiger partial charge in [-0.15, -0.1) is 11.8 Å². The molecule has 0 unspecified atom stereocenters. The lowest BCUT2D eigenvalue weighted by molar-refractivity contribution is -0.118. The Bertz CT molecular complexity index is 969. The van der Waals surface area contributed by atoms with Gasteiger partial charge in [-0.2, -0.15) is 0 Å². The molecule has 1 fully saturated rings. The first kappa shape index (κ1) is 24.3. The number of carbonyl (C=O) groups excluding carboxylic acids is 1. The van der Waals surface area contributed by atoms with Crippen LogP contribution in [-0.4, -0.2) is 56.5 Å². The van der Waals surface area contributed by atoms with E-state index < -0.39 is 0 Å². The number of rotatable bonds is 10. The SMILES string of the molecule is COc1ccc([C@@H](CNC(=O)CSC(c2ccccc2)c2ccccc2)N2CCOCC2)cc1. The van der Waals surface area contributed by atoms with Crippen LogP contribution in [0.15, 0.2) is 84.9 Å². The lowest BCUT2D eigenvalue weighted by Crippen LogP contribution is -2.44. The summed E-state index contributed by atoms with van der Waals surface area (Å²) in [5.74, 6) is 1.28. The van der Waals surface area contributed by atoms with E-state index in [-0.39, 0.29) is 17.2 Å². The zero-order chi connectivity index (χ0) is 23.6. The third-order valence-electron chi connectivity index (χ3n) is 6.07. The summed E-state index contributed by atoms with van der Waals surface area (Å²) in [4.78, 5) is 15.3. The Morgan fingerprint density at radius 2 is 1.50 bits per heavy atom. The number of hydrogen-bond acceptors (Lipinski definition) is 5. The standard InChI is InChI=1S/C28H32N2O3S/c1-32-25-14-12-22(13-15-25)26(30-16-18-33-19-17-30)20-29-27(31)21-34-28(23-8-4-2-5-9-23)24-10-6-3-7-11-24/h2-15,26,28H,16-21H2,1H3,(H,29,31)/t26-/m1/s1. The Labute approximate surface area is 206 Å². The first-order chi connectivity index (χ1) is 16.7. The van der Waals surface area contributed by atoms with Crippen molar-refractivity contribution in [1.29, 1.82) is 0 Å². The molecule has 178 valence electrons. The highest BCUT2D eigenvalue weighted by atomic mass is 32.2. The average Bonchev–Trinajstić information content (AvgIpc) is 2.91. The molecule has 34 heavy (non-hydrogen) atoms. The number of morpholine rings is 1. The lowest BCUT2D eigenvalue weighted by Gasteiger charge is -2.35. The highest BCUT2D eigenvalue weighted by molar-refractivity contribution is 8.00. The summed E-state index contributed by atoms with van der Waals surface area (Å²) in [5, 5.41) is 3.31. The molecule has 1 heterocycles. The van der Waals surface area contributed by atoms with Crippen molar-refractivity contribution >= 4 is 17.7 Å². The van der Waals surface area contributed by atoms with Gasteiger partial charge in [-0.3, -0.25) is 9.69 Å². The zero-order valence-corrected chi connectivity index (χ0v) is 20.4. The molecule has 1 aliphatic rings. The van der Waals surface area contributed by atoms with Crippen LogP contribution in [0.5, 0.6) is 5.75 Å². The van der Waals surface area contributed by atoms with Gasteiger partial charge in [-0.1, -0.05) is 72.8 Å². The number of nitrogens with zero attached hydrogens (tertiary/aromatic N) is 1. The lowest BCUT2D eigenvalue weighted by atomic mass is 10.0. The topological polar surface area (TPSA) is 50.8 Å². The second-order valence-corrected chi connectivity index (χ2v) is 9.35. The van der Waals surface area contributed by atoms with Crippen molar-refractivity contribution in [3.8, 4) is 5.75 Å². The molecule has 3 aromatic rings. The van der Waals surface area contributed by atoms with E-state index in [1.54, 1.807) is 18.9 Å². The molecule has 1 aliphatic heterocycles. The molecule has 3 aromatic carbocycles. The highest BCUT2D eigenvalue weighted by Crippen LogP contribution is 2.35. The molecule has 1 atom stereocenters. The van der Waals surface area contributed by atoms with E-state index in [0.29, 0.717) is 25.5 Å². The number of methoxy groups -OCH3 is 1. The van der Waals surface area contributed by atoms with Gasteiger partial charge in [0.25, 0.3) is 0 Å². The summed E-state index contributed by atoms with van der Waals surface area (Å²) in [6, 6.07) is 29.0. The van der Waals surface area contributed by atoms with E-state index in [4.69, 9.17) is 9.47 Å². The van der Waals surface area contributed by atoms with Crippen LogP contribution in [0.3, 0.4) is 0 Å². The van der Waals surface area contributed by atoms with E-state index in [2.05, 4.69) is 46.6 Å². The molecule has 0 spiro atoms. The Morgan fingerprint density at radius 1 is 0.912 bits per heavy atom. The smallest absolute Gasteiger partial charge is 0.230 e. The molecule has 4 rings (SSSR count). The summed E-state index contributed by atoms with van der Waals surface area (Å²) >= 11 is 1.66. The van der Waals surface area contributed by atoms with Crippen molar-refractivity contribution in [2.45, 2.75) is 11.3 Å². The largest absolute Gasteiger partial charge is 0.497 e. The van der Waals surface area contributed by atoms with Gasteiger partial charge in [0.2, 0.25) is 5.91 Å². The molecular formula is C28H32N2O3S. The van der Waals surface area contributed by atoms with Gasteiger partial charge in [0.1, 0.15) is 5.75 Å². The van der Waals surface area contributed by atoms with Crippen LogP contribution in [-0.2, 0) is 9.53 Å². The predicted octanol–water partition coefficient (Wildman–Crippen LogP) is 4.71. The van der Waals surface area contributed by atoms with Crippen LogP contribution >= 0.6 is 11.8 Å². The molecule has 0 aromatic heterocycles. The first-order valence-electron chi connectivity index (χ1n) is 11.7. The van der Waals surface area contributed by atoms with E-state index >= 15 is 0 Å². The quantitative estimate of drug-likeness (QED) is 0.459. The molecule has 1 saturated heterocycles. The molecule has 0 aliphatic carbocycles. The molecular weight excluding hydrogens is 444 g/mol. The van der Waals surface area contributed by atoms with Gasteiger partial charge in [0.15, 0.2) is 0 Å². The molecule has 0 saturated carbocycles. The number of amides is 1. The minimum absolute atomic E-state index is 0.0497. The Morgan fingerprint density at radius 3 is 2.06 bits per heavy atom. The maximum absolute atomic E-state index is 12.9. The van der Waals surface area contributed by atoms with Crippen molar-refractivity contribution in [2.75, 3.05) is 45.7 Å². The Hall–Kier alpha value is -2.80. The summed E-state index contributed by atoms with van der Waals surface area (Å²) in [7, 11) is 1.67. The molecule has 1 amide bonds. The van der Waals surface area contributed by atoms with Crippen LogP contribution in [0.2, 0.25) is 0 Å². The van der Waals surface area contributed by atoms with Gasteiger partial charge in [-0.25, -0.2) is 0 Å². The Kier molecular flexibility index (Phi) is 9.02. The summed E-state index contributed by atoms with van der Waals surface area (Å²) in [5.41, 5.74) is 3.58. The highest BCUT2D eigenvalue weighted by Gasteiger charge is 2.24. The van der Waals surface area contributed by atoms with Gasteiger partial charge in [-0.05, 0) is 28.8 Å². The summed E-state index contributed by atoms with van der Waals surface area (Å²) in [6.45, 7) is 3.70. The molecule has 5 nitrogen and oxygen atoms in total. The van der Waals surface area contributed by atoms with E-state index in [1.165, 1.54) is 16.7 Å². The van der Waals surface area contributed by atoms with E-state index in [1.807, 2.05) is 48.5 Å². The minimum Gasteiger partial charge on any atom is -0.497 e. The van der Waals surface area contributed by atoms with Crippen LogP contribution in [0.25, 0.3) is 0 Å². The second-order valence-electron chi connectivity index (χ2n) is 8.25. The van der Waals surface area contributed by atoms with Crippen molar-refractivity contribution in [3.05, 3.63) is 102 Å². The van der Waals surface area contributed by atoms with Crippen molar-refractivity contribution in [1.82, 2.24) is 10.2 Å². The van der Waals surface area contributed by atoms with E-state index in [9.17, 15) is 4.79 Å². The average molecular weight is 477 g/mol. The fourth-order valence-electron chi connectivity index (χ4n) is 4.23. The normalized spacial score (nSPS) is 15.1. The van der Waals surface area contributed by atoms with Crippen molar-refractivity contribution in [2.24, 2.45) is 0 Å². The van der Waals surface area contributed by atoms with E-state index in [0.717, 1.165) is 18.8 Å². The Balaban J connectivity index is 1.40. The number of thioether (sulfide) groups is 1. The van der Waals surface area contributed by atoms with Gasteiger partial charge in [0, 0.05) is 19.6 Å². The monoisotopic (exact) mass is 476 g/mol. The summed E-state index contributed by atoms with van der Waals surface area (Å²) in [6.07, 6.45) is 0. The van der Waals surface area contributed by atoms with Crippen LogP contribution < -0.4 is 10.1 Å². The molecule has 6 heteroatoms. The molecule has 0 bridgehead atoms. The summed E-state index contributed by atoms with van der Waals surface area (Å²) < 4.78 is 10.9. The zero-order valence-electron chi connectivity index (χ0n) is 19.6. The number of nitrogens with one attached hydrogen (secondary N) is 1. The maximum atomic E-state index is 12.9. The minimum atomic E-state index is 0.0497. The van der Waals surface area contributed by atoms with Gasteiger partial charge < -0.3 is 14.8 Å². The van der Waals surface area contributed by atoms with Gasteiger partial charge >= 0.3 is 0 Å². The third-order valence-corrected chi connectivity index (χ3v) is 7.37. The second kappa shape index (κ2) is 12.6. The maximum Gasteiger partial charge on any atom is 0.230 e. The van der Waals surface area contributed by atoms with Crippen molar-refractivity contribution < 1.29 is 14.3 Å². The predicted molar refractivity (Wildman–Crippen MR) is 138 cm³/mol. The fourth-order valence-corrected chi connectivity index (χ4v) is 5.35. The molecule has 0 radical (unpaired) electrons. The number of benzene rings is 3. The first-order valence-corrected chi connectivity index (χ1v) is 12.7. The van der Waals surface area contributed by atoms with Crippen molar-refractivity contribution in [3.63, 3.8) is 0 Å². The number of carbonyl (C=O) groups is 1. The van der Waals surface area contributed by atoms with Crippen LogP contribution in [0.4, 0.5) is 0 Å². The number of hydrogen-bond donors (Lipinski definition) is 1. The number of ether oxygens (including phenoxy) is 2. The van der Waals surface area contributed by atoms with Crippen LogP contribution in [0, 0.1) is 0 Å². The molecule has 1 N–H and O–H groups in total. The third kappa shape index (κ3) is 6.63. The fraction of sp³-hybridized carbons (Fsp3) is 0.321. The van der Waals surface area contributed by atoms with Gasteiger partial charge in [0.05, 0.1) is 37.4 Å². The van der Waals surface area contributed by atoms with Crippen LogP contribution in [0.1, 0.15) is 28.0 Å².